The molecule has 0 aliphatic rings. The molecule has 0 heterocycles. The van der Waals surface area contributed by atoms with Gasteiger partial charge in [-0.2, -0.15) is 15.2 Å². The number of hydrogen-bond donors (Lipinski definition) is 0. The normalized spacial score (nSPS) is 14.6. The second kappa shape index (κ2) is 6.23. The molecule has 4 nitrogen and oxygen atoms in total. The third-order valence-corrected chi connectivity index (χ3v) is 4.05. The lowest BCUT2D eigenvalue weighted by atomic mass is 9.90. The molecule has 4 heteroatoms. The molecule has 1 unspecified atom stereocenters. The summed E-state index contributed by atoms with van der Waals surface area (Å²) in [7, 11) is 0. The summed E-state index contributed by atoms with van der Waals surface area (Å²) in [5, 5.41) is 13.0. The second-order valence-electron chi connectivity index (χ2n) is 7.29. The van der Waals surface area contributed by atoms with Crippen molar-refractivity contribution in [3.63, 3.8) is 0 Å². The molecule has 3 rings (SSSR count). The highest BCUT2D eigenvalue weighted by Crippen LogP contribution is 2.39. The van der Waals surface area contributed by atoms with Crippen molar-refractivity contribution in [2.45, 2.75) is 38.9 Å². The fourth-order valence-electron chi connectivity index (χ4n) is 2.99. The van der Waals surface area contributed by atoms with Crippen molar-refractivity contribution < 1.29 is 4.79 Å². The highest BCUT2D eigenvalue weighted by molar-refractivity contribution is 6.03. The maximum absolute atomic E-state index is 11.2. The predicted octanol–water partition coefficient (Wildman–Crippen LogP) is 5.75. The second-order valence-corrected chi connectivity index (χ2v) is 7.29. The molecular formula is C21H21N3O. The number of fused-ring (bicyclic) bond motifs is 2. The summed E-state index contributed by atoms with van der Waals surface area (Å²) in [6.07, 6.45) is 1.69. The monoisotopic (exact) mass is 331 g/mol. The van der Waals surface area contributed by atoms with Crippen LogP contribution in [0.25, 0.3) is 21.5 Å². The van der Waals surface area contributed by atoms with Crippen molar-refractivity contribution in [1.82, 2.24) is 0 Å². The summed E-state index contributed by atoms with van der Waals surface area (Å²) >= 11 is 0. The van der Waals surface area contributed by atoms with Crippen LogP contribution in [0.4, 0.5) is 0 Å². The van der Waals surface area contributed by atoms with E-state index in [9.17, 15) is 4.79 Å². The number of rotatable bonds is 3. The molecule has 0 saturated carbocycles. The average molecular weight is 331 g/mol. The van der Waals surface area contributed by atoms with Crippen LogP contribution >= 0.6 is 0 Å². The highest BCUT2D eigenvalue weighted by Gasteiger charge is 2.31. The van der Waals surface area contributed by atoms with E-state index in [0.717, 1.165) is 27.1 Å². The predicted molar refractivity (Wildman–Crippen MR) is 102 cm³/mol. The van der Waals surface area contributed by atoms with Gasteiger partial charge in [0.1, 0.15) is 0 Å². The summed E-state index contributed by atoms with van der Waals surface area (Å²) in [4.78, 5) is 15.3. The number of carbonyl (C=O) groups excluding carboxylic acids is 1. The van der Waals surface area contributed by atoms with Crippen LogP contribution in [0.15, 0.2) is 69.8 Å². The van der Waals surface area contributed by atoms with E-state index in [1.54, 1.807) is 13.0 Å². The van der Waals surface area contributed by atoms with Crippen LogP contribution < -0.4 is 0 Å². The van der Waals surface area contributed by atoms with Gasteiger partial charge in [-0.1, -0.05) is 48.5 Å². The van der Waals surface area contributed by atoms with Gasteiger partial charge in [0, 0.05) is 5.56 Å². The van der Waals surface area contributed by atoms with Gasteiger partial charge in [0.05, 0.1) is 5.54 Å². The maximum atomic E-state index is 11.2. The van der Waals surface area contributed by atoms with E-state index in [2.05, 4.69) is 33.4 Å². The largest absolute Gasteiger partial charge is 0.237 e. The summed E-state index contributed by atoms with van der Waals surface area (Å²) < 4.78 is 0. The number of azo groups is 1. The Kier molecular flexibility index (Phi) is 4.23. The minimum absolute atomic E-state index is 0.361. The van der Waals surface area contributed by atoms with Crippen LogP contribution in [0.1, 0.15) is 33.3 Å². The Morgan fingerprint density at radius 3 is 1.80 bits per heavy atom. The quantitative estimate of drug-likeness (QED) is 0.261. The van der Waals surface area contributed by atoms with Gasteiger partial charge in [-0.25, -0.2) is 4.79 Å². The van der Waals surface area contributed by atoms with Gasteiger partial charge in [0.2, 0.25) is 11.7 Å². The Morgan fingerprint density at radius 1 is 0.800 bits per heavy atom. The minimum atomic E-state index is -1.13. The molecule has 126 valence electrons. The molecule has 0 saturated heterocycles. The molecule has 25 heavy (non-hydrogen) atoms. The number of hydrogen-bond acceptors (Lipinski definition) is 4. The smallest absolute Gasteiger partial charge is 0.211 e. The van der Waals surface area contributed by atoms with Gasteiger partial charge < -0.3 is 0 Å². The third kappa shape index (κ3) is 3.35. The third-order valence-electron chi connectivity index (χ3n) is 4.05. The summed E-state index contributed by atoms with van der Waals surface area (Å²) in [6, 6.07) is 18.3. The SMILES string of the molecule is CC(C)(C)/N=N/C(C)(N=C=O)c1c2ccccc2cc2ccccc12. The molecule has 0 aromatic heterocycles. The van der Waals surface area contributed by atoms with Crippen LogP contribution in [-0.2, 0) is 10.5 Å². The molecule has 0 amide bonds. The van der Waals surface area contributed by atoms with Crippen LogP contribution in [0.5, 0.6) is 0 Å². The fourth-order valence-corrected chi connectivity index (χ4v) is 2.99. The van der Waals surface area contributed by atoms with Gasteiger partial charge in [-0.15, -0.1) is 0 Å². The standard InChI is InChI=1S/C21H21N3O/c1-20(2,3)23-24-21(4,22-14-25)19-17-11-7-5-9-15(17)13-16-10-6-8-12-18(16)19/h5-13H,1-4H3/b24-23+. The number of aliphatic imine (C=N–C) groups is 1. The lowest BCUT2D eigenvalue weighted by Gasteiger charge is -2.24. The Bertz CT molecular complexity index is 956. The fraction of sp³-hybridized carbons (Fsp3) is 0.286. The van der Waals surface area contributed by atoms with Crippen LogP contribution in [-0.4, -0.2) is 11.6 Å². The molecule has 0 aliphatic carbocycles. The zero-order chi connectivity index (χ0) is 18.1. The molecule has 0 N–H and O–H groups in total. The van der Waals surface area contributed by atoms with Crippen molar-refractivity contribution >= 4 is 27.6 Å². The van der Waals surface area contributed by atoms with E-state index in [1.165, 1.54) is 0 Å². The molecule has 3 aromatic rings. The van der Waals surface area contributed by atoms with Gasteiger partial charge in [-0.05, 0) is 55.3 Å². The van der Waals surface area contributed by atoms with E-state index in [0.29, 0.717) is 0 Å². The van der Waals surface area contributed by atoms with E-state index >= 15 is 0 Å². The van der Waals surface area contributed by atoms with Crippen molar-refractivity contribution in [2.75, 3.05) is 0 Å². The molecule has 3 aromatic carbocycles. The summed E-state index contributed by atoms with van der Waals surface area (Å²) in [6.45, 7) is 7.69. The topological polar surface area (TPSA) is 54.1 Å². The minimum Gasteiger partial charge on any atom is -0.211 e. The average Bonchev–Trinajstić information content (AvgIpc) is 2.57. The first-order chi connectivity index (χ1) is 11.8. The van der Waals surface area contributed by atoms with E-state index < -0.39 is 5.66 Å². The molecular weight excluding hydrogens is 310 g/mol. The first kappa shape index (κ1) is 17.0. The lowest BCUT2D eigenvalue weighted by Crippen LogP contribution is -2.19. The first-order valence-electron chi connectivity index (χ1n) is 8.28. The van der Waals surface area contributed by atoms with Gasteiger partial charge in [0.25, 0.3) is 0 Å². The van der Waals surface area contributed by atoms with Crippen LogP contribution in [0.2, 0.25) is 0 Å². The van der Waals surface area contributed by atoms with E-state index in [4.69, 9.17) is 0 Å². The molecule has 0 bridgehead atoms. The van der Waals surface area contributed by atoms with E-state index in [-0.39, 0.29) is 5.54 Å². The van der Waals surface area contributed by atoms with Gasteiger partial charge >= 0.3 is 0 Å². The van der Waals surface area contributed by atoms with Gasteiger partial charge in [-0.3, -0.25) is 0 Å². The van der Waals surface area contributed by atoms with Gasteiger partial charge in [0.15, 0.2) is 0 Å². The zero-order valence-electron chi connectivity index (χ0n) is 14.9. The Labute approximate surface area is 147 Å². The summed E-state index contributed by atoms with van der Waals surface area (Å²) in [5.74, 6) is 0. The van der Waals surface area contributed by atoms with Crippen molar-refractivity contribution in [3.05, 3.63) is 60.2 Å². The van der Waals surface area contributed by atoms with E-state index in [1.807, 2.05) is 57.2 Å². The molecule has 0 fully saturated rings. The molecule has 1 atom stereocenters. The first-order valence-corrected chi connectivity index (χ1v) is 8.28. The number of benzene rings is 3. The Balaban J connectivity index is 2.43. The lowest BCUT2D eigenvalue weighted by molar-refractivity contribution is 0.437. The molecule has 0 spiro atoms. The van der Waals surface area contributed by atoms with Crippen molar-refractivity contribution in [2.24, 2.45) is 15.2 Å². The van der Waals surface area contributed by atoms with Crippen LogP contribution in [0.3, 0.4) is 0 Å². The Morgan fingerprint density at radius 2 is 1.32 bits per heavy atom. The summed E-state index contributed by atoms with van der Waals surface area (Å²) in [5.41, 5.74) is -0.618. The molecule has 0 aliphatic heterocycles. The van der Waals surface area contributed by atoms with Crippen molar-refractivity contribution in [3.8, 4) is 0 Å². The number of isocyanates is 1. The highest BCUT2D eigenvalue weighted by atomic mass is 16.1. The number of nitrogens with zero attached hydrogens (tertiary/aromatic N) is 3. The Hall–Kier alpha value is -2.84. The van der Waals surface area contributed by atoms with Crippen LogP contribution in [0, 0.1) is 0 Å². The zero-order valence-corrected chi connectivity index (χ0v) is 14.9. The maximum Gasteiger partial charge on any atom is 0.237 e. The molecule has 0 radical (unpaired) electrons. The van der Waals surface area contributed by atoms with Crippen molar-refractivity contribution in [1.29, 1.82) is 0 Å².